The average Bonchev–Trinajstić information content (AvgIpc) is 3.12. The Morgan fingerprint density at radius 2 is 1.83 bits per heavy atom. The molecule has 158 valence electrons. The lowest BCUT2D eigenvalue weighted by atomic mass is 10.1. The van der Waals surface area contributed by atoms with Crippen LogP contribution >= 0.6 is 11.8 Å². The van der Waals surface area contributed by atoms with Crippen molar-refractivity contribution in [2.24, 2.45) is 13.0 Å². The number of rotatable bonds is 10. The van der Waals surface area contributed by atoms with Crippen molar-refractivity contribution >= 4 is 17.7 Å². The lowest BCUT2D eigenvalue weighted by Gasteiger charge is -2.09. The maximum atomic E-state index is 12.1. The van der Waals surface area contributed by atoms with Gasteiger partial charge in [0.15, 0.2) is 11.0 Å². The number of nitrogens with one attached hydrogen (secondary N) is 1. The summed E-state index contributed by atoms with van der Waals surface area (Å²) in [6, 6.07) is 18.0. The van der Waals surface area contributed by atoms with E-state index in [2.05, 4.69) is 41.5 Å². The largest absolute Gasteiger partial charge is 0.493 e. The van der Waals surface area contributed by atoms with E-state index in [-0.39, 0.29) is 5.91 Å². The highest BCUT2D eigenvalue weighted by atomic mass is 32.2. The summed E-state index contributed by atoms with van der Waals surface area (Å²) in [5.74, 6) is 2.39. The van der Waals surface area contributed by atoms with E-state index >= 15 is 0 Å². The van der Waals surface area contributed by atoms with Crippen molar-refractivity contribution in [3.8, 4) is 17.1 Å². The molecule has 2 aromatic carbocycles. The van der Waals surface area contributed by atoms with Crippen LogP contribution in [0.15, 0.2) is 59.8 Å². The lowest BCUT2D eigenvalue weighted by Crippen LogP contribution is -2.27. The highest BCUT2D eigenvalue weighted by molar-refractivity contribution is 7.99. The van der Waals surface area contributed by atoms with Gasteiger partial charge in [-0.15, -0.1) is 10.2 Å². The molecule has 0 saturated heterocycles. The molecule has 3 aromatic rings. The molecule has 0 saturated carbocycles. The molecule has 0 spiro atoms. The first-order valence-corrected chi connectivity index (χ1v) is 11.1. The number of amides is 1. The molecule has 3 rings (SSSR count). The Morgan fingerprint density at radius 3 is 2.53 bits per heavy atom. The quantitative estimate of drug-likeness (QED) is 0.499. The van der Waals surface area contributed by atoms with Crippen LogP contribution in [0.25, 0.3) is 11.4 Å². The van der Waals surface area contributed by atoms with Crippen LogP contribution in [0.5, 0.6) is 5.75 Å². The minimum Gasteiger partial charge on any atom is -0.493 e. The first-order valence-electron chi connectivity index (χ1n) is 10.1. The van der Waals surface area contributed by atoms with Gasteiger partial charge in [-0.05, 0) is 42.2 Å². The minimum atomic E-state index is -0.00728. The van der Waals surface area contributed by atoms with Gasteiger partial charge in [0.25, 0.3) is 0 Å². The normalized spacial score (nSPS) is 10.9. The number of nitrogens with zero attached hydrogens (tertiary/aromatic N) is 3. The van der Waals surface area contributed by atoms with Gasteiger partial charge in [-0.3, -0.25) is 4.79 Å². The average molecular weight is 425 g/mol. The van der Waals surface area contributed by atoms with E-state index in [0.29, 0.717) is 30.0 Å². The Kier molecular flexibility index (Phi) is 7.90. The van der Waals surface area contributed by atoms with Gasteiger partial charge in [-0.2, -0.15) is 0 Å². The number of carbonyl (C=O) groups excluding carboxylic acids is 1. The zero-order chi connectivity index (χ0) is 21.3. The summed E-state index contributed by atoms with van der Waals surface area (Å²) in [4.78, 5) is 12.1. The molecule has 1 amide bonds. The third-order valence-corrected chi connectivity index (χ3v) is 5.46. The molecule has 0 radical (unpaired) electrons. The van der Waals surface area contributed by atoms with Crippen LogP contribution in [0.4, 0.5) is 0 Å². The summed E-state index contributed by atoms with van der Waals surface area (Å²) in [6.45, 7) is 5.56. The number of carbonyl (C=O) groups is 1. The van der Waals surface area contributed by atoms with Crippen LogP contribution in [0.2, 0.25) is 0 Å². The van der Waals surface area contributed by atoms with Crippen molar-refractivity contribution in [3.05, 3.63) is 60.2 Å². The van der Waals surface area contributed by atoms with E-state index < -0.39 is 0 Å². The van der Waals surface area contributed by atoms with Crippen molar-refractivity contribution in [2.75, 3.05) is 18.9 Å². The maximum Gasteiger partial charge on any atom is 0.230 e. The van der Waals surface area contributed by atoms with E-state index in [0.717, 1.165) is 23.6 Å². The maximum absolute atomic E-state index is 12.1. The standard InChI is InChI=1S/C23H28N4O2S/c1-17(2)15-29-20-11-9-19(10-12-20)22-25-26-23(27(22)3)30-16-21(28)24-14-13-18-7-5-4-6-8-18/h4-12,17H,13-16H2,1-3H3,(H,24,28). The van der Waals surface area contributed by atoms with E-state index in [4.69, 9.17) is 4.74 Å². The second-order valence-corrected chi connectivity index (χ2v) is 8.41. The molecule has 0 unspecified atom stereocenters. The number of hydrogen-bond acceptors (Lipinski definition) is 5. The fraction of sp³-hybridized carbons (Fsp3) is 0.348. The van der Waals surface area contributed by atoms with Crippen molar-refractivity contribution < 1.29 is 9.53 Å². The van der Waals surface area contributed by atoms with Gasteiger partial charge in [-0.1, -0.05) is 55.9 Å². The SMILES string of the molecule is CC(C)COc1ccc(-c2nnc(SCC(=O)NCCc3ccccc3)n2C)cc1. The highest BCUT2D eigenvalue weighted by Gasteiger charge is 2.13. The van der Waals surface area contributed by atoms with Gasteiger partial charge in [0.05, 0.1) is 12.4 Å². The predicted molar refractivity (Wildman–Crippen MR) is 121 cm³/mol. The third kappa shape index (κ3) is 6.35. The summed E-state index contributed by atoms with van der Waals surface area (Å²) in [5, 5.41) is 12.2. The van der Waals surface area contributed by atoms with Gasteiger partial charge in [0.2, 0.25) is 5.91 Å². The molecule has 7 heteroatoms. The van der Waals surface area contributed by atoms with Gasteiger partial charge >= 0.3 is 0 Å². The smallest absolute Gasteiger partial charge is 0.230 e. The molecule has 6 nitrogen and oxygen atoms in total. The molecular formula is C23H28N4O2S. The molecule has 1 heterocycles. The monoisotopic (exact) mass is 424 g/mol. The molecule has 1 aromatic heterocycles. The minimum absolute atomic E-state index is 0.00728. The van der Waals surface area contributed by atoms with Crippen LogP contribution < -0.4 is 10.1 Å². The summed E-state index contributed by atoms with van der Waals surface area (Å²) < 4.78 is 7.64. The number of thioether (sulfide) groups is 1. The van der Waals surface area contributed by atoms with E-state index in [1.807, 2.05) is 54.1 Å². The molecular weight excluding hydrogens is 396 g/mol. The molecule has 0 aliphatic rings. The summed E-state index contributed by atoms with van der Waals surface area (Å²) in [7, 11) is 1.91. The van der Waals surface area contributed by atoms with Gasteiger partial charge in [-0.25, -0.2) is 0 Å². The molecule has 0 aliphatic carbocycles. The Morgan fingerprint density at radius 1 is 1.10 bits per heavy atom. The van der Waals surface area contributed by atoms with Gasteiger partial charge in [0, 0.05) is 19.2 Å². The van der Waals surface area contributed by atoms with E-state index in [9.17, 15) is 4.79 Å². The third-order valence-electron chi connectivity index (χ3n) is 4.44. The number of benzene rings is 2. The summed E-state index contributed by atoms with van der Waals surface area (Å²) in [5.41, 5.74) is 2.17. The van der Waals surface area contributed by atoms with E-state index in [1.54, 1.807) is 0 Å². The molecule has 0 bridgehead atoms. The molecule has 0 aliphatic heterocycles. The Bertz CT molecular complexity index is 940. The van der Waals surface area contributed by atoms with Crippen LogP contribution in [-0.4, -0.2) is 39.6 Å². The van der Waals surface area contributed by atoms with Crippen LogP contribution in [0.1, 0.15) is 19.4 Å². The molecule has 1 N–H and O–H groups in total. The van der Waals surface area contributed by atoms with Crippen molar-refractivity contribution in [3.63, 3.8) is 0 Å². The van der Waals surface area contributed by atoms with Crippen LogP contribution in [-0.2, 0) is 18.3 Å². The summed E-state index contributed by atoms with van der Waals surface area (Å²) >= 11 is 1.38. The molecule has 0 fully saturated rings. The number of aromatic nitrogens is 3. The van der Waals surface area contributed by atoms with Gasteiger partial charge < -0.3 is 14.6 Å². The first-order chi connectivity index (χ1) is 14.5. The van der Waals surface area contributed by atoms with Gasteiger partial charge in [0.1, 0.15) is 5.75 Å². The van der Waals surface area contributed by atoms with E-state index in [1.165, 1.54) is 17.3 Å². The topological polar surface area (TPSA) is 69.0 Å². The number of hydrogen-bond donors (Lipinski definition) is 1. The Balaban J connectivity index is 1.49. The second-order valence-electron chi connectivity index (χ2n) is 7.47. The van der Waals surface area contributed by atoms with Crippen molar-refractivity contribution in [2.45, 2.75) is 25.4 Å². The van der Waals surface area contributed by atoms with Crippen LogP contribution in [0.3, 0.4) is 0 Å². The molecule has 30 heavy (non-hydrogen) atoms. The first kappa shape index (κ1) is 21.9. The lowest BCUT2D eigenvalue weighted by molar-refractivity contribution is -0.118. The fourth-order valence-electron chi connectivity index (χ4n) is 2.83. The Hall–Kier alpha value is -2.80. The number of ether oxygens (including phenoxy) is 1. The predicted octanol–water partition coefficient (Wildman–Crippen LogP) is 3.97. The zero-order valence-electron chi connectivity index (χ0n) is 17.7. The second kappa shape index (κ2) is 10.8. The zero-order valence-corrected chi connectivity index (χ0v) is 18.5. The summed E-state index contributed by atoms with van der Waals surface area (Å²) in [6.07, 6.45) is 0.822. The van der Waals surface area contributed by atoms with Crippen molar-refractivity contribution in [1.82, 2.24) is 20.1 Å². The van der Waals surface area contributed by atoms with Crippen molar-refractivity contribution in [1.29, 1.82) is 0 Å². The fourth-order valence-corrected chi connectivity index (χ4v) is 3.57. The Labute approximate surface area is 182 Å². The van der Waals surface area contributed by atoms with Crippen LogP contribution in [0, 0.1) is 5.92 Å². The highest BCUT2D eigenvalue weighted by Crippen LogP contribution is 2.24. The molecule has 0 atom stereocenters.